The quantitative estimate of drug-likeness (QED) is 0.243. The molecule has 1 aliphatic heterocycles. The van der Waals surface area contributed by atoms with Crippen molar-refractivity contribution in [2.24, 2.45) is 5.16 Å². The molecule has 0 N–H and O–H groups in total. The molecule has 12 heteroatoms. The fourth-order valence-electron chi connectivity index (χ4n) is 3.60. The van der Waals surface area contributed by atoms with Crippen LogP contribution >= 0.6 is 34.8 Å². The number of amides is 1. The molecule has 1 aliphatic rings. The number of hydrogen-bond donors (Lipinski definition) is 0. The van der Waals surface area contributed by atoms with Crippen LogP contribution in [0, 0.1) is 0 Å². The van der Waals surface area contributed by atoms with Crippen molar-refractivity contribution < 1.29 is 22.8 Å². The molecule has 2 heterocycles. The van der Waals surface area contributed by atoms with Gasteiger partial charge in [0.25, 0.3) is 11.5 Å². The second-order valence-electron chi connectivity index (χ2n) is 7.97. The van der Waals surface area contributed by atoms with Crippen LogP contribution in [0.5, 0.6) is 0 Å². The van der Waals surface area contributed by atoms with Crippen LogP contribution in [0.25, 0.3) is 0 Å². The predicted octanol–water partition coefficient (Wildman–Crippen LogP) is 7.47. The van der Waals surface area contributed by atoms with Crippen LogP contribution in [0.4, 0.5) is 19.1 Å². The van der Waals surface area contributed by atoms with E-state index >= 15 is 0 Å². The van der Waals surface area contributed by atoms with Gasteiger partial charge in [-0.3, -0.25) is 9.69 Å². The zero-order valence-electron chi connectivity index (χ0n) is 19.8. The summed E-state index contributed by atoms with van der Waals surface area (Å²) in [6.07, 6.45) is 2.30. The molecule has 0 spiro atoms. The van der Waals surface area contributed by atoms with E-state index < -0.39 is 24.1 Å². The molecule has 37 heavy (non-hydrogen) atoms. The Kier molecular flexibility index (Phi) is 9.05. The molecule has 1 aromatic heterocycles. The van der Waals surface area contributed by atoms with Gasteiger partial charge in [0, 0.05) is 34.1 Å². The fourth-order valence-corrected chi connectivity index (χ4v) is 4.23. The van der Waals surface area contributed by atoms with Crippen molar-refractivity contribution in [3.63, 3.8) is 0 Å². The summed E-state index contributed by atoms with van der Waals surface area (Å²) in [4.78, 5) is 27.4. The molecule has 0 aliphatic carbocycles. The first-order valence-corrected chi connectivity index (χ1v) is 12.2. The third kappa shape index (κ3) is 6.34. The van der Waals surface area contributed by atoms with Gasteiger partial charge in [-0.1, -0.05) is 65.6 Å². The average molecular weight is 574 g/mol. The highest BCUT2D eigenvalue weighted by molar-refractivity contribution is 6.34. The largest absolute Gasteiger partial charge is 0.435 e. The van der Waals surface area contributed by atoms with Crippen LogP contribution in [0.2, 0.25) is 15.1 Å². The standard InChI is InChI=1S/C25H22Cl3F3N4O2/c1-4-6-16(8-7-15(3)22(36)35(5-2)23-32-13-20(28)14-33-23)21-12-24(37-34-21,25(29,30)31)17-9-18(26)11-19(27)10-17/h6-11,13-14H,3-5,12H2,1-2H3/b8-7-,16-6+. The van der Waals surface area contributed by atoms with Crippen molar-refractivity contribution in [3.8, 4) is 0 Å². The number of rotatable bonds is 8. The van der Waals surface area contributed by atoms with E-state index in [1.807, 2.05) is 6.92 Å². The van der Waals surface area contributed by atoms with E-state index in [2.05, 4.69) is 21.7 Å². The third-order valence-electron chi connectivity index (χ3n) is 5.42. The zero-order chi connectivity index (χ0) is 27.4. The monoisotopic (exact) mass is 572 g/mol. The van der Waals surface area contributed by atoms with Gasteiger partial charge >= 0.3 is 6.18 Å². The molecular weight excluding hydrogens is 552 g/mol. The predicted molar refractivity (Wildman–Crippen MR) is 139 cm³/mol. The number of benzene rings is 1. The Balaban J connectivity index is 1.86. The SMILES string of the molecule is C=C(/C=C\C(=C/CC)C1=NOC(c2cc(Cl)cc(Cl)c2)(C(F)(F)F)C1)C(=O)N(CC)c1ncc(Cl)cn1. The number of hydrogen-bond acceptors (Lipinski definition) is 5. The van der Waals surface area contributed by atoms with Gasteiger partial charge in [-0.05, 0) is 43.2 Å². The minimum atomic E-state index is -4.83. The highest BCUT2D eigenvalue weighted by Crippen LogP contribution is 2.49. The van der Waals surface area contributed by atoms with Crippen molar-refractivity contribution in [2.75, 3.05) is 11.4 Å². The van der Waals surface area contributed by atoms with Crippen LogP contribution in [0.1, 0.15) is 32.3 Å². The van der Waals surface area contributed by atoms with E-state index in [1.54, 1.807) is 13.0 Å². The van der Waals surface area contributed by atoms with E-state index in [0.717, 1.165) is 12.1 Å². The molecule has 196 valence electrons. The molecule has 1 unspecified atom stereocenters. The molecule has 3 rings (SSSR count). The number of alkyl halides is 3. The number of carbonyl (C=O) groups is 1. The number of allylic oxidation sites excluding steroid dienone is 3. The van der Waals surface area contributed by atoms with Gasteiger partial charge < -0.3 is 4.84 Å². The summed E-state index contributed by atoms with van der Waals surface area (Å²) in [5, 5.41) is 4.16. The first-order chi connectivity index (χ1) is 17.4. The van der Waals surface area contributed by atoms with Gasteiger partial charge in [0.1, 0.15) is 0 Å². The van der Waals surface area contributed by atoms with Crippen LogP contribution in [0.3, 0.4) is 0 Å². The van der Waals surface area contributed by atoms with Crippen molar-refractivity contribution >= 4 is 52.4 Å². The van der Waals surface area contributed by atoms with Crippen molar-refractivity contribution in [1.29, 1.82) is 0 Å². The minimum Gasteiger partial charge on any atom is -0.374 e. The Bertz CT molecular complexity index is 1260. The summed E-state index contributed by atoms with van der Waals surface area (Å²) in [5.74, 6) is -0.348. The smallest absolute Gasteiger partial charge is 0.374 e. The maximum absolute atomic E-state index is 14.3. The molecule has 0 fully saturated rings. The Hall–Kier alpha value is -2.88. The maximum atomic E-state index is 14.3. The number of carbonyl (C=O) groups excluding carboxylic acids is 1. The number of oxime groups is 1. The summed E-state index contributed by atoms with van der Waals surface area (Å²) >= 11 is 17.7. The maximum Gasteiger partial charge on any atom is 0.435 e. The van der Waals surface area contributed by atoms with Gasteiger partial charge in [-0.25, -0.2) is 9.97 Å². The van der Waals surface area contributed by atoms with Gasteiger partial charge in [-0.2, -0.15) is 13.2 Å². The molecule has 0 radical (unpaired) electrons. The lowest BCUT2D eigenvalue weighted by atomic mass is 9.86. The van der Waals surface area contributed by atoms with Gasteiger partial charge in [0.05, 0.1) is 23.1 Å². The number of aromatic nitrogens is 2. The highest BCUT2D eigenvalue weighted by Gasteiger charge is 2.62. The fraction of sp³-hybridized carbons (Fsp3) is 0.280. The summed E-state index contributed by atoms with van der Waals surface area (Å²) in [6.45, 7) is 7.59. The summed E-state index contributed by atoms with van der Waals surface area (Å²) in [5.41, 5.74) is -2.58. The second kappa shape index (κ2) is 11.7. The summed E-state index contributed by atoms with van der Waals surface area (Å²) in [7, 11) is 0. The van der Waals surface area contributed by atoms with Crippen LogP contribution < -0.4 is 4.90 Å². The van der Waals surface area contributed by atoms with Gasteiger partial charge in [0.2, 0.25) is 5.95 Å². The molecule has 0 saturated carbocycles. The highest BCUT2D eigenvalue weighted by atomic mass is 35.5. The van der Waals surface area contributed by atoms with E-state index in [1.165, 1.54) is 35.5 Å². The lowest BCUT2D eigenvalue weighted by molar-refractivity contribution is -0.275. The number of anilines is 1. The van der Waals surface area contributed by atoms with Gasteiger partial charge in [-0.15, -0.1) is 0 Å². The Labute approximate surface area is 227 Å². The molecule has 0 saturated heterocycles. The molecule has 6 nitrogen and oxygen atoms in total. The molecule has 0 bridgehead atoms. The van der Waals surface area contributed by atoms with Crippen LogP contribution in [0.15, 0.2) is 71.7 Å². The van der Waals surface area contributed by atoms with E-state index in [0.29, 0.717) is 17.0 Å². The average Bonchev–Trinajstić information content (AvgIpc) is 3.29. The number of halogens is 6. The Morgan fingerprint density at radius 2 is 1.73 bits per heavy atom. The van der Waals surface area contributed by atoms with E-state index in [-0.39, 0.29) is 39.4 Å². The lowest BCUT2D eigenvalue weighted by Gasteiger charge is -2.29. The first-order valence-electron chi connectivity index (χ1n) is 11.1. The molecule has 1 amide bonds. The molecule has 1 atom stereocenters. The summed E-state index contributed by atoms with van der Waals surface area (Å²) in [6, 6.07) is 3.63. The zero-order valence-corrected chi connectivity index (χ0v) is 22.1. The van der Waals surface area contributed by atoms with Gasteiger partial charge in [0.15, 0.2) is 0 Å². The Morgan fingerprint density at radius 1 is 1.11 bits per heavy atom. The summed E-state index contributed by atoms with van der Waals surface area (Å²) < 4.78 is 42.9. The second-order valence-corrected chi connectivity index (χ2v) is 9.28. The Morgan fingerprint density at radius 3 is 2.27 bits per heavy atom. The normalized spacial score (nSPS) is 18.1. The van der Waals surface area contributed by atoms with Crippen molar-refractivity contribution in [2.45, 2.75) is 38.5 Å². The minimum absolute atomic E-state index is 0.0346. The topological polar surface area (TPSA) is 67.7 Å². The van der Waals surface area contributed by atoms with Crippen LogP contribution in [-0.4, -0.2) is 34.3 Å². The van der Waals surface area contributed by atoms with E-state index in [9.17, 15) is 18.0 Å². The lowest BCUT2D eigenvalue weighted by Crippen LogP contribution is -2.42. The molecule has 2 aromatic rings. The number of nitrogens with zero attached hydrogens (tertiary/aromatic N) is 4. The van der Waals surface area contributed by atoms with E-state index in [4.69, 9.17) is 39.6 Å². The molecular formula is C25H22Cl3F3N4O2. The number of likely N-dealkylation sites (N-methyl/N-ethyl adjacent to an activating group) is 1. The first kappa shape index (κ1) is 28.7. The molecule has 1 aromatic carbocycles. The third-order valence-corrected chi connectivity index (χ3v) is 6.05. The van der Waals surface area contributed by atoms with Crippen molar-refractivity contribution in [3.05, 3.63) is 87.2 Å². The van der Waals surface area contributed by atoms with Crippen LogP contribution in [-0.2, 0) is 15.2 Å². The van der Waals surface area contributed by atoms with Crippen molar-refractivity contribution in [1.82, 2.24) is 9.97 Å².